The van der Waals surface area contributed by atoms with Gasteiger partial charge in [-0.2, -0.15) is 5.10 Å². The maximum Gasteiger partial charge on any atom is 0.241 e. The van der Waals surface area contributed by atoms with Crippen molar-refractivity contribution in [1.29, 1.82) is 0 Å². The molecule has 1 saturated heterocycles. The lowest BCUT2D eigenvalue weighted by Crippen LogP contribution is -2.41. The van der Waals surface area contributed by atoms with Crippen LogP contribution in [0.2, 0.25) is 0 Å². The van der Waals surface area contributed by atoms with Crippen LogP contribution in [0.25, 0.3) is 0 Å². The van der Waals surface area contributed by atoms with Gasteiger partial charge in [0, 0.05) is 25.4 Å². The lowest BCUT2D eigenvalue weighted by molar-refractivity contribution is -0.123. The molecule has 156 valence electrons. The number of hydrogen-bond donors (Lipinski definition) is 2. The summed E-state index contributed by atoms with van der Waals surface area (Å²) in [6, 6.07) is 8.48. The first-order valence-electron chi connectivity index (χ1n) is 9.32. The number of likely N-dealkylation sites (N-methyl/N-ethyl adjacent to an activating group) is 1. The van der Waals surface area contributed by atoms with Crippen LogP contribution >= 0.6 is 24.8 Å². The molecule has 8 heteroatoms. The largest absolute Gasteiger partial charge is 0.353 e. The molecular weight excluding hydrogens is 397 g/mol. The summed E-state index contributed by atoms with van der Waals surface area (Å²) in [6.45, 7) is 4.89. The number of rotatable bonds is 7. The maximum atomic E-state index is 12.8. The van der Waals surface area contributed by atoms with E-state index in [9.17, 15) is 4.79 Å². The molecule has 1 fully saturated rings. The van der Waals surface area contributed by atoms with Crippen LogP contribution in [0.1, 0.15) is 41.6 Å². The molecule has 6 nitrogen and oxygen atoms in total. The highest BCUT2D eigenvalue weighted by molar-refractivity contribution is 5.85. The summed E-state index contributed by atoms with van der Waals surface area (Å²) in [5.41, 5.74) is 3.39. The van der Waals surface area contributed by atoms with Crippen LogP contribution in [0.15, 0.2) is 36.7 Å². The summed E-state index contributed by atoms with van der Waals surface area (Å²) in [6.07, 6.45) is 6.06. The number of carbonyl (C=O) groups excluding carboxylic acids is 1. The van der Waals surface area contributed by atoms with E-state index in [-0.39, 0.29) is 42.8 Å². The third-order valence-electron chi connectivity index (χ3n) is 5.12. The number of nitrogens with zero attached hydrogens (tertiary/aromatic N) is 3. The Hall–Kier alpha value is -1.60. The molecule has 1 aliphatic heterocycles. The van der Waals surface area contributed by atoms with Crippen molar-refractivity contribution in [2.45, 2.75) is 31.8 Å². The van der Waals surface area contributed by atoms with E-state index >= 15 is 0 Å². The van der Waals surface area contributed by atoms with Gasteiger partial charge in [0.25, 0.3) is 0 Å². The molecule has 0 spiro atoms. The molecule has 2 N–H and O–H groups in total. The lowest BCUT2D eigenvalue weighted by atomic mass is 10.0. The van der Waals surface area contributed by atoms with Crippen LogP contribution in [-0.2, 0) is 11.8 Å². The van der Waals surface area contributed by atoms with E-state index in [0.717, 1.165) is 18.7 Å². The Bertz CT molecular complexity index is 728. The molecule has 2 heterocycles. The van der Waals surface area contributed by atoms with E-state index in [2.05, 4.69) is 51.8 Å². The Morgan fingerprint density at radius 3 is 2.32 bits per heavy atom. The second-order valence-corrected chi connectivity index (χ2v) is 7.08. The first-order valence-corrected chi connectivity index (χ1v) is 9.32. The Balaban J connectivity index is 0.00000196. The molecule has 3 rings (SSSR count). The minimum Gasteiger partial charge on any atom is -0.353 e. The third-order valence-corrected chi connectivity index (χ3v) is 5.12. The van der Waals surface area contributed by atoms with E-state index in [0.29, 0.717) is 6.54 Å². The van der Waals surface area contributed by atoms with E-state index in [1.165, 1.54) is 24.0 Å². The van der Waals surface area contributed by atoms with Crippen LogP contribution in [0, 0.1) is 6.92 Å². The van der Waals surface area contributed by atoms with Gasteiger partial charge in [0.2, 0.25) is 5.91 Å². The van der Waals surface area contributed by atoms with Gasteiger partial charge in [0.1, 0.15) is 6.04 Å². The van der Waals surface area contributed by atoms with Gasteiger partial charge < -0.3 is 10.6 Å². The van der Waals surface area contributed by atoms with Gasteiger partial charge in [-0.25, -0.2) is 0 Å². The van der Waals surface area contributed by atoms with E-state index < -0.39 is 0 Å². The monoisotopic (exact) mass is 427 g/mol. The quantitative estimate of drug-likeness (QED) is 0.712. The van der Waals surface area contributed by atoms with Gasteiger partial charge >= 0.3 is 0 Å². The summed E-state index contributed by atoms with van der Waals surface area (Å²) >= 11 is 0. The van der Waals surface area contributed by atoms with Crippen molar-refractivity contribution >= 4 is 30.7 Å². The van der Waals surface area contributed by atoms with Crippen molar-refractivity contribution in [3.8, 4) is 0 Å². The number of hydrogen-bond acceptors (Lipinski definition) is 4. The van der Waals surface area contributed by atoms with Crippen molar-refractivity contribution in [3.63, 3.8) is 0 Å². The van der Waals surface area contributed by atoms with Crippen molar-refractivity contribution < 1.29 is 4.79 Å². The fraction of sp³-hybridized carbons (Fsp3) is 0.500. The van der Waals surface area contributed by atoms with Crippen LogP contribution in [0.3, 0.4) is 0 Å². The van der Waals surface area contributed by atoms with Crippen molar-refractivity contribution in [3.05, 3.63) is 53.3 Å². The molecule has 1 aliphatic rings. The smallest absolute Gasteiger partial charge is 0.241 e. The van der Waals surface area contributed by atoms with Crippen molar-refractivity contribution in [1.82, 2.24) is 25.3 Å². The normalized spacial score (nSPS) is 16.0. The molecule has 1 aromatic carbocycles. The molecule has 0 aliphatic carbocycles. The summed E-state index contributed by atoms with van der Waals surface area (Å²) in [7, 11) is 3.66. The summed E-state index contributed by atoms with van der Waals surface area (Å²) < 4.78 is 1.71. The topological polar surface area (TPSA) is 62.2 Å². The number of halogens is 2. The number of likely N-dealkylation sites (tertiary alicyclic amines) is 1. The van der Waals surface area contributed by atoms with Crippen LogP contribution in [-0.4, -0.2) is 47.3 Å². The molecule has 0 radical (unpaired) electrons. The third kappa shape index (κ3) is 5.95. The zero-order valence-electron chi connectivity index (χ0n) is 16.7. The highest BCUT2D eigenvalue weighted by Gasteiger charge is 2.26. The average Bonchev–Trinajstić information content (AvgIpc) is 3.30. The number of carbonyl (C=O) groups is 1. The zero-order chi connectivity index (χ0) is 18.5. The number of nitrogens with one attached hydrogen (secondary N) is 2. The highest BCUT2D eigenvalue weighted by Crippen LogP contribution is 2.25. The van der Waals surface area contributed by atoms with Crippen molar-refractivity contribution in [2.24, 2.45) is 7.05 Å². The van der Waals surface area contributed by atoms with E-state index in [4.69, 9.17) is 0 Å². The Labute approximate surface area is 179 Å². The molecule has 0 bridgehead atoms. The van der Waals surface area contributed by atoms with E-state index in [1.54, 1.807) is 17.9 Å². The van der Waals surface area contributed by atoms with Crippen LogP contribution < -0.4 is 10.6 Å². The fourth-order valence-corrected chi connectivity index (χ4v) is 3.64. The fourth-order valence-electron chi connectivity index (χ4n) is 3.64. The van der Waals surface area contributed by atoms with Gasteiger partial charge in [-0.05, 0) is 45.5 Å². The highest BCUT2D eigenvalue weighted by atomic mass is 35.5. The Morgan fingerprint density at radius 1 is 1.14 bits per heavy atom. The number of amides is 1. The predicted molar refractivity (Wildman–Crippen MR) is 117 cm³/mol. The Kier molecular flexibility index (Phi) is 9.96. The van der Waals surface area contributed by atoms with Crippen LogP contribution in [0.5, 0.6) is 0 Å². The van der Waals surface area contributed by atoms with E-state index in [1.807, 2.05) is 13.2 Å². The summed E-state index contributed by atoms with van der Waals surface area (Å²) in [4.78, 5) is 15.2. The van der Waals surface area contributed by atoms with Gasteiger partial charge in [0.15, 0.2) is 0 Å². The summed E-state index contributed by atoms with van der Waals surface area (Å²) in [5, 5.41) is 10.4. The van der Waals surface area contributed by atoms with Gasteiger partial charge in [-0.3, -0.25) is 14.4 Å². The number of benzene rings is 1. The van der Waals surface area contributed by atoms with Gasteiger partial charge in [-0.15, -0.1) is 24.8 Å². The summed E-state index contributed by atoms with van der Waals surface area (Å²) in [5.74, 6) is -0.0168. The number of aryl methyl sites for hydroxylation is 2. The minimum atomic E-state index is -0.388. The first kappa shape index (κ1) is 24.4. The molecule has 2 aromatic rings. The molecular formula is C20H31Cl2N5O. The van der Waals surface area contributed by atoms with Gasteiger partial charge in [-0.1, -0.05) is 29.8 Å². The second-order valence-electron chi connectivity index (χ2n) is 7.08. The molecule has 1 amide bonds. The molecule has 1 aromatic heterocycles. The maximum absolute atomic E-state index is 12.8. The zero-order valence-corrected chi connectivity index (χ0v) is 18.4. The first-order chi connectivity index (χ1) is 12.6. The molecule has 0 saturated carbocycles. The predicted octanol–water partition coefficient (Wildman–Crippen LogP) is 2.79. The lowest BCUT2D eigenvalue weighted by Gasteiger charge is -2.29. The molecule has 2 unspecified atom stereocenters. The second kappa shape index (κ2) is 11.4. The van der Waals surface area contributed by atoms with Gasteiger partial charge in [0.05, 0.1) is 12.2 Å². The van der Waals surface area contributed by atoms with Crippen molar-refractivity contribution in [2.75, 3.05) is 26.7 Å². The standard InChI is InChI=1S/C20H29N5O.2ClH/c1-15-6-8-16(9-7-15)18(25-10-4-5-11-25)13-22-20(26)19(21-2)17-12-23-24(3)14-17;;/h6-9,12,14,18-19,21H,4-5,10-11,13H2,1-3H3,(H,22,26);2*1H. The molecule has 2 atom stereocenters. The number of aromatic nitrogens is 2. The molecule has 28 heavy (non-hydrogen) atoms. The average molecular weight is 428 g/mol. The Morgan fingerprint density at radius 2 is 1.79 bits per heavy atom. The van der Waals surface area contributed by atoms with Crippen LogP contribution in [0.4, 0.5) is 0 Å². The SMILES string of the molecule is CNC(C(=O)NCC(c1ccc(C)cc1)N1CCCC1)c1cnn(C)c1.Cl.Cl. The minimum absolute atomic E-state index is 0.